The first-order valence-corrected chi connectivity index (χ1v) is 10.7. The van der Waals surface area contributed by atoms with Gasteiger partial charge in [-0.05, 0) is 44.4 Å². The number of nitrogens with zero attached hydrogens (tertiary/aromatic N) is 5. The lowest BCUT2D eigenvalue weighted by Gasteiger charge is -2.07. The standard InChI is InChI=1S/C23H25ClN6O/c1-15-6-4-7-18(12-15)19-8-10-26-23-22(19)17(3)28-30(23)14-21(31)25-9-5-11-29-13-20(24)16(2)27-29/h4,6-8,10,12-13H,5,9,11,14H2,1-3H3,(H,25,31). The van der Waals surface area contributed by atoms with E-state index in [2.05, 4.69) is 45.6 Å². The third kappa shape index (κ3) is 4.61. The lowest BCUT2D eigenvalue weighted by atomic mass is 10.0. The van der Waals surface area contributed by atoms with Gasteiger partial charge in [-0.3, -0.25) is 9.48 Å². The highest BCUT2D eigenvalue weighted by molar-refractivity contribution is 6.31. The Balaban J connectivity index is 1.44. The lowest BCUT2D eigenvalue weighted by molar-refractivity contribution is -0.121. The molecule has 0 atom stereocenters. The van der Waals surface area contributed by atoms with E-state index < -0.39 is 0 Å². The molecule has 7 nitrogen and oxygen atoms in total. The van der Waals surface area contributed by atoms with E-state index in [0.717, 1.165) is 34.3 Å². The minimum absolute atomic E-state index is 0.0955. The number of rotatable bonds is 7. The zero-order valence-corrected chi connectivity index (χ0v) is 18.6. The molecular formula is C23H25ClN6O. The molecule has 4 aromatic rings. The van der Waals surface area contributed by atoms with Crippen LogP contribution in [0, 0.1) is 20.8 Å². The zero-order chi connectivity index (χ0) is 22.0. The third-order valence-electron chi connectivity index (χ3n) is 5.20. The Labute approximate surface area is 186 Å². The number of nitrogens with one attached hydrogen (secondary N) is 1. The molecule has 3 heterocycles. The number of aromatic nitrogens is 5. The van der Waals surface area contributed by atoms with Crippen LogP contribution in [0.4, 0.5) is 0 Å². The van der Waals surface area contributed by atoms with Gasteiger partial charge in [-0.15, -0.1) is 0 Å². The number of carbonyl (C=O) groups excluding carboxylic acids is 1. The van der Waals surface area contributed by atoms with Crippen LogP contribution in [0.25, 0.3) is 22.2 Å². The fourth-order valence-electron chi connectivity index (χ4n) is 3.71. The summed E-state index contributed by atoms with van der Waals surface area (Å²) < 4.78 is 3.47. The smallest absolute Gasteiger partial charge is 0.241 e. The number of carbonyl (C=O) groups is 1. The van der Waals surface area contributed by atoms with E-state index in [1.165, 1.54) is 5.56 Å². The molecule has 0 fully saturated rings. The summed E-state index contributed by atoms with van der Waals surface area (Å²) in [5.74, 6) is -0.0955. The van der Waals surface area contributed by atoms with Crippen molar-refractivity contribution in [3.63, 3.8) is 0 Å². The van der Waals surface area contributed by atoms with Crippen LogP contribution in [0.3, 0.4) is 0 Å². The topological polar surface area (TPSA) is 77.6 Å². The summed E-state index contributed by atoms with van der Waals surface area (Å²) in [4.78, 5) is 17.0. The molecule has 0 spiro atoms. The second kappa shape index (κ2) is 8.89. The summed E-state index contributed by atoms with van der Waals surface area (Å²) in [6.07, 6.45) is 4.33. The van der Waals surface area contributed by atoms with Gasteiger partial charge in [0.25, 0.3) is 0 Å². The highest BCUT2D eigenvalue weighted by atomic mass is 35.5. The summed E-state index contributed by atoms with van der Waals surface area (Å²) in [6, 6.07) is 10.3. The van der Waals surface area contributed by atoms with E-state index >= 15 is 0 Å². The summed E-state index contributed by atoms with van der Waals surface area (Å²) in [6.45, 7) is 7.27. The molecule has 3 aromatic heterocycles. The molecule has 0 unspecified atom stereocenters. The summed E-state index contributed by atoms with van der Waals surface area (Å²) in [5.41, 5.74) is 5.77. The van der Waals surface area contributed by atoms with E-state index in [-0.39, 0.29) is 12.5 Å². The number of halogens is 1. The van der Waals surface area contributed by atoms with E-state index in [1.54, 1.807) is 21.8 Å². The number of aryl methyl sites for hydroxylation is 4. The molecular weight excluding hydrogens is 412 g/mol. The van der Waals surface area contributed by atoms with Crippen molar-refractivity contribution >= 4 is 28.5 Å². The Morgan fingerprint density at radius 2 is 1.97 bits per heavy atom. The van der Waals surface area contributed by atoms with Crippen molar-refractivity contribution in [3.8, 4) is 11.1 Å². The van der Waals surface area contributed by atoms with Crippen LogP contribution in [0.2, 0.25) is 5.02 Å². The molecule has 31 heavy (non-hydrogen) atoms. The summed E-state index contributed by atoms with van der Waals surface area (Å²) in [5, 5.41) is 13.5. The first kappa shape index (κ1) is 21.1. The van der Waals surface area contributed by atoms with Crippen LogP contribution >= 0.6 is 11.6 Å². The maximum Gasteiger partial charge on any atom is 0.241 e. The normalized spacial score (nSPS) is 11.2. The Bertz CT molecular complexity index is 1220. The van der Waals surface area contributed by atoms with E-state index in [4.69, 9.17) is 11.6 Å². The molecule has 0 aliphatic rings. The van der Waals surface area contributed by atoms with Crippen LogP contribution in [-0.2, 0) is 17.9 Å². The molecule has 1 amide bonds. The molecule has 0 bridgehead atoms. The van der Waals surface area contributed by atoms with Crippen LogP contribution in [0.1, 0.15) is 23.4 Å². The van der Waals surface area contributed by atoms with Gasteiger partial charge < -0.3 is 5.32 Å². The van der Waals surface area contributed by atoms with Crippen molar-refractivity contribution in [2.24, 2.45) is 0 Å². The molecule has 4 rings (SSSR count). The lowest BCUT2D eigenvalue weighted by Crippen LogP contribution is -2.29. The van der Waals surface area contributed by atoms with Gasteiger partial charge >= 0.3 is 0 Å². The second-order valence-corrected chi connectivity index (χ2v) is 8.11. The van der Waals surface area contributed by atoms with Crippen molar-refractivity contribution in [1.82, 2.24) is 29.9 Å². The molecule has 0 aliphatic carbocycles. The average Bonchev–Trinajstić information content (AvgIpc) is 3.23. The van der Waals surface area contributed by atoms with Gasteiger partial charge in [0.2, 0.25) is 5.91 Å². The van der Waals surface area contributed by atoms with Gasteiger partial charge in [-0.1, -0.05) is 41.4 Å². The minimum Gasteiger partial charge on any atom is -0.354 e. The van der Waals surface area contributed by atoms with Gasteiger partial charge in [0.05, 0.1) is 16.4 Å². The quantitative estimate of drug-likeness (QED) is 0.443. The number of hydrogen-bond donors (Lipinski definition) is 1. The fourth-order valence-corrected chi connectivity index (χ4v) is 3.86. The molecule has 0 radical (unpaired) electrons. The van der Waals surface area contributed by atoms with Crippen LogP contribution < -0.4 is 5.32 Å². The van der Waals surface area contributed by atoms with E-state index in [0.29, 0.717) is 23.8 Å². The molecule has 0 saturated carbocycles. The van der Waals surface area contributed by atoms with E-state index in [1.807, 2.05) is 26.0 Å². The number of pyridine rings is 1. The SMILES string of the molecule is Cc1cccc(-c2ccnc3c2c(C)nn3CC(=O)NCCCn2cc(Cl)c(C)n2)c1. The zero-order valence-electron chi connectivity index (χ0n) is 17.9. The van der Waals surface area contributed by atoms with Crippen LogP contribution in [0.15, 0.2) is 42.7 Å². The number of hydrogen-bond acceptors (Lipinski definition) is 4. The monoisotopic (exact) mass is 436 g/mol. The Hall–Kier alpha value is -3.19. The first-order chi connectivity index (χ1) is 14.9. The van der Waals surface area contributed by atoms with Gasteiger partial charge in [0.15, 0.2) is 5.65 Å². The van der Waals surface area contributed by atoms with E-state index in [9.17, 15) is 4.79 Å². The number of fused-ring (bicyclic) bond motifs is 1. The Kier molecular flexibility index (Phi) is 6.04. The van der Waals surface area contributed by atoms with Crippen molar-refractivity contribution in [2.45, 2.75) is 40.3 Å². The number of benzene rings is 1. The second-order valence-electron chi connectivity index (χ2n) is 7.70. The van der Waals surface area contributed by atoms with Gasteiger partial charge in [0, 0.05) is 30.9 Å². The highest BCUT2D eigenvalue weighted by Gasteiger charge is 2.16. The Morgan fingerprint density at radius 1 is 1.13 bits per heavy atom. The highest BCUT2D eigenvalue weighted by Crippen LogP contribution is 2.30. The molecule has 0 aliphatic heterocycles. The molecule has 8 heteroatoms. The average molecular weight is 437 g/mol. The minimum atomic E-state index is -0.0955. The van der Waals surface area contributed by atoms with Crippen molar-refractivity contribution in [2.75, 3.05) is 6.54 Å². The van der Waals surface area contributed by atoms with Crippen LogP contribution in [0.5, 0.6) is 0 Å². The summed E-state index contributed by atoms with van der Waals surface area (Å²) >= 11 is 6.02. The molecule has 1 N–H and O–H groups in total. The van der Waals surface area contributed by atoms with Gasteiger partial charge in [0.1, 0.15) is 6.54 Å². The fraction of sp³-hybridized carbons (Fsp3) is 0.304. The molecule has 0 saturated heterocycles. The van der Waals surface area contributed by atoms with Crippen molar-refractivity contribution < 1.29 is 4.79 Å². The van der Waals surface area contributed by atoms with Crippen molar-refractivity contribution in [3.05, 3.63) is 64.7 Å². The molecule has 160 valence electrons. The van der Waals surface area contributed by atoms with Gasteiger partial charge in [-0.25, -0.2) is 9.67 Å². The summed E-state index contributed by atoms with van der Waals surface area (Å²) in [7, 11) is 0. The van der Waals surface area contributed by atoms with Gasteiger partial charge in [-0.2, -0.15) is 10.2 Å². The maximum absolute atomic E-state index is 12.5. The largest absolute Gasteiger partial charge is 0.354 e. The molecule has 1 aromatic carbocycles. The van der Waals surface area contributed by atoms with Crippen molar-refractivity contribution in [1.29, 1.82) is 0 Å². The number of amides is 1. The maximum atomic E-state index is 12.5. The first-order valence-electron chi connectivity index (χ1n) is 10.3. The predicted molar refractivity (Wildman–Crippen MR) is 122 cm³/mol. The van der Waals surface area contributed by atoms with Crippen LogP contribution in [-0.4, -0.2) is 37.0 Å². The Morgan fingerprint density at radius 3 is 2.71 bits per heavy atom. The predicted octanol–water partition coefficient (Wildman–Crippen LogP) is 4.08. The third-order valence-corrected chi connectivity index (χ3v) is 5.57.